The molecule has 0 saturated carbocycles. The Morgan fingerprint density at radius 2 is 1.52 bits per heavy atom. The Bertz CT molecular complexity index is 1160. The lowest BCUT2D eigenvalue weighted by atomic mass is 10.1. The summed E-state index contributed by atoms with van der Waals surface area (Å²) in [5, 5.41) is 22.1. The van der Waals surface area contributed by atoms with Crippen molar-refractivity contribution in [1.82, 2.24) is 0 Å². The second kappa shape index (κ2) is 9.27. The van der Waals surface area contributed by atoms with E-state index in [9.17, 15) is 29.8 Å². The molecule has 0 atom stereocenters. The molecule has 0 saturated heterocycles. The molecule has 3 rings (SSSR count). The quantitative estimate of drug-likeness (QED) is 0.226. The molecule has 10 heteroatoms. The molecule has 0 fully saturated rings. The van der Waals surface area contributed by atoms with Gasteiger partial charge >= 0.3 is 11.7 Å². The Morgan fingerprint density at radius 3 is 2.19 bits per heavy atom. The van der Waals surface area contributed by atoms with E-state index >= 15 is 0 Å². The predicted octanol–water partition coefficient (Wildman–Crippen LogP) is 4.34. The highest BCUT2D eigenvalue weighted by atomic mass is 16.6. The number of hydrogen-bond acceptors (Lipinski definition) is 8. The van der Waals surface area contributed by atoms with Gasteiger partial charge in [-0.1, -0.05) is 36.4 Å². The normalized spacial score (nSPS) is 10.2. The Morgan fingerprint density at radius 1 is 0.806 bits per heavy atom. The maximum absolute atomic E-state index is 12.3. The summed E-state index contributed by atoms with van der Waals surface area (Å²) in [7, 11) is 0. The van der Waals surface area contributed by atoms with E-state index in [1.807, 2.05) is 0 Å². The lowest BCUT2D eigenvalue weighted by Gasteiger charge is -2.08. The minimum atomic E-state index is -0.810. The zero-order valence-corrected chi connectivity index (χ0v) is 15.8. The standard InChI is InChI=1S/C21H14N2O8/c24-19(14-5-2-1-3-6-14)13-30-21(25)15-7-4-8-17(11-15)31-20-10-9-16(22(26)27)12-18(20)23(28)29/h1-12H,13H2. The summed E-state index contributed by atoms with van der Waals surface area (Å²) in [6, 6.07) is 16.9. The highest BCUT2D eigenvalue weighted by molar-refractivity contribution is 5.99. The summed E-state index contributed by atoms with van der Waals surface area (Å²) in [5.41, 5.74) is -0.601. The number of benzene rings is 3. The van der Waals surface area contributed by atoms with Crippen LogP contribution in [0.2, 0.25) is 0 Å². The number of ether oxygens (including phenoxy) is 2. The molecule has 0 aliphatic rings. The van der Waals surface area contributed by atoms with Crippen LogP contribution in [0.5, 0.6) is 11.5 Å². The van der Waals surface area contributed by atoms with Crippen molar-refractivity contribution in [2.75, 3.05) is 6.61 Å². The van der Waals surface area contributed by atoms with Gasteiger partial charge in [0.2, 0.25) is 5.75 Å². The van der Waals surface area contributed by atoms with Crippen molar-refractivity contribution in [1.29, 1.82) is 0 Å². The summed E-state index contributed by atoms with van der Waals surface area (Å²) in [6.45, 7) is -0.457. The monoisotopic (exact) mass is 422 g/mol. The van der Waals surface area contributed by atoms with Gasteiger partial charge in [-0.15, -0.1) is 0 Å². The Hall–Kier alpha value is -4.60. The Balaban J connectivity index is 1.73. The maximum atomic E-state index is 12.3. The van der Waals surface area contributed by atoms with Crippen LogP contribution in [0.25, 0.3) is 0 Å². The lowest BCUT2D eigenvalue weighted by Crippen LogP contribution is -2.14. The summed E-state index contributed by atoms with van der Waals surface area (Å²) >= 11 is 0. The van der Waals surface area contributed by atoms with Gasteiger partial charge in [-0.05, 0) is 24.3 Å². The molecule has 0 amide bonds. The second-order valence-corrected chi connectivity index (χ2v) is 6.16. The molecule has 0 aliphatic heterocycles. The van der Waals surface area contributed by atoms with Crippen LogP contribution in [-0.2, 0) is 4.74 Å². The van der Waals surface area contributed by atoms with Gasteiger partial charge < -0.3 is 9.47 Å². The highest BCUT2D eigenvalue weighted by Crippen LogP contribution is 2.34. The van der Waals surface area contributed by atoms with Crippen LogP contribution in [0.4, 0.5) is 11.4 Å². The van der Waals surface area contributed by atoms with E-state index in [0.717, 1.165) is 18.2 Å². The van der Waals surface area contributed by atoms with E-state index in [2.05, 4.69) is 0 Å². The number of nitro benzene ring substituents is 2. The average molecular weight is 422 g/mol. The first-order valence-corrected chi connectivity index (χ1v) is 8.81. The molecule has 0 heterocycles. The summed E-state index contributed by atoms with van der Waals surface area (Å²) in [5.74, 6) is -1.32. The first-order valence-electron chi connectivity index (χ1n) is 8.81. The van der Waals surface area contributed by atoms with Crippen LogP contribution in [0, 0.1) is 20.2 Å². The van der Waals surface area contributed by atoms with Crippen molar-refractivity contribution in [3.8, 4) is 11.5 Å². The first kappa shape index (κ1) is 21.1. The number of hydrogen-bond donors (Lipinski definition) is 0. The third kappa shape index (κ3) is 5.26. The van der Waals surface area contributed by atoms with Crippen LogP contribution in [0.15, 0.2) is 72.8 Å². The van der Waals surface area contributed by atoms with E-state index in [-0.39, 0.29) is 22.8 Å². The van der Waals surface area contributed by atoms with Crippen LogP contribution in [0.3, 0.4) is 0 Å². The van der Waals surface area contributed by atoms with Crippen molar-refractivity contribution in [3.05, 3.63) is 104 Å². The Labute approximate surface area is 174 Å². The van der Waals surface area contributed by atoms with Gasteiger partial charge in [-0.25, -0.2) is 4.79 Å². The van der Waals surface area contributed by atoms with E-state index < -0.39 is 33.8 Å². The molecule has 0 unspecified atom stereocenters. The number of carbonyl (C=O) groups is 2. The molecule has 0 aliphatic carbocycles. The molecule has 10 nitrogen and oxygen atoms in total. The molecule has 0 aromatic heterocycles. The molecule has 0 N–H and O–H groups in total. The minimum absolute atomic E-state index is 0.0583. The molecule has 0 radical (unpaired) electrons. The molecule has 31 heavy (non-hydrogen) atoms. The zero-order valence-electron chi connectivity index (χ0n) is 15.8. The van der Waals surface area contributed by atoms with Gasteiger partial charge in [0.05, 0.1) is 21.5 Å². The molecule has 3 aromatic rings. The van der Waals surface area contributed by atoms with Crippen molar-refractivity contribution < 1.29 is 28.9 Å². The van der Waals surface area contributed by atoms with Gasteiger partial charge in [0, 0.05) is 11.6 Å². The second-order valence-electron chi connectivity index (χ2n) is 6.16. The number of rotatable bonds is 8. The molecule has 0 bridgehead atoms. The highest BCUT2D eigenvalue weighted by Gasteiger charge is 2.21. The predicted molar refractivity (Wildman–Crippen MR) is 107 cm³/mol. The maximum Gasteiger partial charge on any atom is 0.338 e. The topological polar surface area (TPSA) is 139 Å². The van der Waals surface area contributed by atoms with Gasteiger partial charge in [0.1, 0.15) is 5.75 Å². The number of ketones is 1. The van der Waals surface area contributed by atoms with E-state index in [1.165, 1.54) is 24.3 Å². The zero-order chi connectivity index (χ0) is 22.4. The summed E-state index contributed by atoms with van der Waals surface area (Å²) in [6.07, 6.45) is 0. The van der Waals surface area contributed by atoms with Crippen molar-refractivity contribution in [2.45, 2.75) is 0 Å². The van der Waals surface area contributed by atoms with Gasteiger partial charge in [0.15, 0.2) is 12.4 Å². The number of Topliss-reactive ketones (excluding diaryl/α,β-unsaturated/α-hetero) is 1. The lowest BCUT2D eigenvalue weighted by molar-refractivity contribution is -0.394. The fraction of sp³-hybridized carbons (Fsp3) is 0.0476. The van der Waals surface area contributed by atoms with Crippen LogP contribution < -0.4 is 4.74 Å². The van der Waals surface area contributed by atoms with Gasteiger partial charge in [0.25, 0.3) is 5.69 Å². The third-order valence-electron chi connectivity index (χ3n) is 4.08. The molecule has 0 spiro atoms. The summed E-state index contributed by atoms with van der Waals surface area (Å²) in [4.78, 5) is 44.8. The molecular weight excluding hydrogens is 408 g/mol. The number of carbonyl (C=O) groups excluding carboxylic acids is 2. The van der Waals surface area contributed by atoms with E-state index in [0.29, 0.717) is 5.56 Å². The summed E-state index contributed by atoms with van der Waals surface area (Å²) < 4.78 is 10.5. The Kier molecular flexibility index (Phi) is 6.31. The SMILES string of the molecule is O=C(COC(=O)c1cccc(Oc2ccc([N+](=O)[O-])cc2[N+](=O)[O-])c1)c1ccccc1. The number of non-ortho nitro benzene ring substituents is 1. The van der Waals surface area contributed by atoms with Crippen molar-refractivity contribution in [3.63, 3.8) is 0 Å². The fourth-order valence-electron chi connectivity index (χ4n) is 2.58. The van der Waals surface area contributed by atoms with Crippen LogP contribution in [-0.4, -0.2) is 28.2 Å². The average Bonchev–Trinajstić information content (AvgIpc) is 2.78. The number of esters is 1. The van der Waals surface area contributed by atoms with E-state index in [1.54, 1.807) is 30.3 Å². The van der Waals surface area contributed by atoms with Crippen molar-refractivity contribution >= 4 is 23.1 Å². The minimum Gasteiger partial charge on any atom is -0.454 e. The number of nitrogens with zero attached hydrogens (tertiary/aromatic N) is 2. The van der Waals surface area contributed by atoms with Gasteiger partial charge in [-0.2, -0.15) is 0 Å². The molecule has 3 aromatic carbocycles. The first-order chi connectivity index (χ1) is 14.8. The number of nitro groups is 2. The fourth-order valence-corrected chi connectivity index (χ4v) is 2.58. The van der Waals surface area contributed by atoms with E-state index in [4.69, 9.17) is 9.47 Å². The van der Waals surface area contributed by atoms with Crippen molar-refractivity contribution in [2.24, 2.45) is 0 Å². The third-order valence-corrected chi connectivity index (χ3v) is 4.08. The van der Waals surface area contributed by atoms with Crippen LogP contribution >= 0.6 is 0 Å². The molecular formula is C21H14N2O8. The van der Waals surface area contributed by atoms with Crippen LogP contribution in [0.1, 0.15) is 20.7 Å². The molecule has 156 valence electrons. The smallest absolute Gasteiger partial charge is 0.338 e. The van der Waals surface area contributed by atoms with Gasteiger partial charge in [-0.3, -0.25) is 25.0 Å². The largest absolute Gasteiger partial charge is 0.454 e.